The summed E-state index contributed by atoms with van der Waals surface area (Å²) in [5.41, 5.74) is 0. The van der Waals surface area contributed by atoms with Gasteiger partial charge in [0.1, 0.15) is 0 Å². The summed E-state index contributed by atoms with van der Waals surface area (Å²) in [6, 6.07) is 0. The lowest BCUT2D eigenvalue weighted by molar-refractivity contribution is -0.151. The quantitative estimate of drug-likeness (QED) is 0.241. The molecule has 0 aliphatic heterocycles. The number of rotatable bonds is 15. The highest BCUT2D eigenvalue weighted by Crippen LogP contribution is 2.08. The van der Waals surface area contributed by atoms with Crippen molar-refractivity contribution in [1.29, 1.82) is 0 Å². The van der Waals surface area contributed by atoms with Gasteiger partial charge < -0.3 is 9.47 Å². The lowest BCUT2D eigenvalue weighted by Gasteiger charge is -2.10. The third-order valence-corrected chi connectivity index (χ3v) is 3.90. The molecule has 0 saturated heterocycles. The molecule has 0 aromatic carbocycles. The zero-order valence-electron chi connectivity index (χ0n) is 14.8. The van der Waals surface area contributed by atoms with E-state index < -0.39 is 0 Å². The second-order valence-corrected chi connectivity index (χ2v) is 6.49. The SMILES string of the molecule is CCCC(C)COC(=O)CCC(=O)OCCCCCCCCCl. The molecule has 136 valence electrons. The molecule has 0 aliphatic rings. The predicted molar refractivity (Wildman–Crippen MR) is 93.6 cm³/mol. The van der Waals surface area contributed by atoms with Crippen LogP contribution in [-0.2, 0) is 19.1 Å². The van der Waals surface area contributed by atoms with Crippen LogP contribution in [0.4, 0.5) is 0 Å². The molecule has 23 heavy (non-hydrogen) atoms. The lowest BCUT2D eigenvalue weighted by Crippen LogP contribution is -2.14. The maximum atomic E-state index is 11.5. The normalized spacial score (nSPS) is 12.0. The molecule has 0 bridgehead atoms. The Bertz CT molecular complexity index is 307. The van der Waals surface area contributed by atoms with Crippen LogP contribution >= 0.6 is 11.6 Å². The van der Waals surface area contributed by atoms with Crippen LogP contribution in [-0.4, -0.2) is 31.0 Å². The molecule has 0 aliphatic carbocycles. The molecule has 0 saturated carbocycles. The van der Waals surface area contributed by atoms with E-state index in [0.29, 0.717) is 19.1 Å². The number of esters is 2. The summed E-state index contributed by atoms with van der Waals surface area (Å²) in [4.78, 5) is 23.0. The molecule has 0 amide bonds. The minimum Gasteiger partial charge on any atom is -0.466 e. The monoisotopic (exact) mass is 348 g/mol. The average molecular weight is 349 g/mol. The Morgan fingerprint density at radius 1 is 0.913 bits per heavy atom. The summed E-state index contributed by atoms with van der Waals surface area (Å²) in [5.74, 6) is 0.479. The van der Waals surface area contributed by atoms with Gasteiger partial charge in [0, 0.05) is 5.88 Å². The van der Waals surface area contributed by atoms with Crippen molar-refractivity contribution in [3.63, 3.8) is 0 Å². The van der Waals surface area contributed by atoms with Crippen molar-refractivity contribution in [3.8, 4) is 0 Å². The zero-order chi connectivity index (χ0) is 17.3. The van der Waals surface area contributed by atoms with Crippen LogP contribution in [0.2, 0.25) is 0 Å². The van der Waals surface area contributed by atoms with E-state index in [-0.39, 0.29) is 24.8 Å². The van der Waals surface area contributed by atoms with Crippen molar-refractivity contribution >= 4 is 23.5 Å². The molecule has 4 nitrogen and oxygen atoms in total. The second kappa shape index (κ2) is 16.1. The van der Waals surface area contributed by atoms with Crippen molar-refractivity contribution in [3.05, 3.63) is 0 Å². The maximum absolute atomic E-state index is 11.5. The highest BCUT2D eigenvalue weighted by Gasteiger charge is 2.10. The highest BCUT2D eigenvalue weighted by molar-refractivity contribution is 6.17. The van der Waals surface area contributed by atoms with Crippen molar-refractivity contribution in [2.75, 3.05) is 19.1 Å². The molecule has 5 heteroatoms. The van der Waals surface area contributed by atoms with E-state index in [1.165, 1.54) is 12.8 Å². The van der Waals surface area contributed by atoms with Gasteiger partial charge in [-0.1, -0.05) is 46.0 Å². The minimum atomic E-state index is -0.316. The molecule has 0 spiro atoms. The van der Waals surface area contributed by atoms with Crippen molar-refractivity contribution < 1.29 is 19.1 Å². The first-order valence-corrected chi connectivity index (χ1v) is 9.50. The molecular formula is C18H33ClO4. The van der Waals surface area contributed by atoms with E-state index in [0.717, 1.165) is 44.4 Å². The molecule has 0 rings (SSSR count). The smallest absolute Gasteiger partial charge is 0.306 e. The Morgan fingerprint density at radius 3 is 2.09 bits per heavy atom. The first-order chi connectivity index (χ1) is 11.1. The number of carbonyl (C=O) groups is 2. The van der Waals surface area contributed by atoms with E-state index >= 15 is 0 Å². The number of ether oxygens (including phenoxy) is 2. The Labute approximate surface area is 146 Å². The van der Waals surface area contributed by atoms with E-state index in [4.69, 9.17) is 21.1 Å². The molecule has 0 N–H and O–H groups in total. The van der Waals surface area contributed by atoms with Gasteiger partial charge in [0.25, 0.3) is 0 Å². The van der Waals surface area contributed by atoms with Crippen molar-refractivity contribution in [1.82, 2.24) is 0 Å². The van der Waals surface area contributed by atoms with Gasteiger partial charge in [-0.25, -0.2) is 0 Å². The largest absolute Gasteiger partial charge is 0.466 e. The Hall–Kier alpha value is -0.770. The fourth-order valence-electron chi connectivity index (χ4n) is 2.25. The Morgan fingerprint density at radius 2 is 1.48 bits per heavy atom. The van der Waals surface area contributed by atoms with E-state index in [1.54, 1.807) is 0 Å². The van der Waals surface area contributed by atoms with Gasteiger partial charge in [0.15, 0.2) is 0 Å². The molecule has 1 atom stereocenters. The van der Waals surface area contributed by atoms with Gasteiger partial charge in [-0.2, -0.15) is 0 Å². The molecule has 0 aromatic rings. The van der Waals surface area contributed by atoms with Gasteiger partial charge in [-0.05, 0) is 25.2 Å². The van der Waals surface area contributed by atoms with Gasteiger partial charge in [0.2, 0.25) is 0 Å². The zero-order valence-corrected chi connectivity index (χ0v) is 15.5. The number of carbonyl (C=O) groups excluding carboxylic acids is 2. The van der Waals surface area contributed by atoms with Gasteiger partial charge in [-0.3, -0.25) is 9.59 Å². The fraction of sp³-hybridized carbons (Fsp3) is 0.889. The molecule has 1 unspecified atom stereocenters. The molecular weight excluding hydrogens is 316 g/mol. The standard InChI is InChI=1S/C18H33ClO4/c1-3-10-16(2)15-23-18(21)12-11-17(20)22-14-9-7-5-4-6-8-13-19/h16H,3-15H2,1-2H3. The van der Waals surface area contributed by atoms with E-state index in [2.05, 4.69) is 13.8 Å². The highest BCUT2D eigenvalue weighted by atomic mass is 35.5. The summed E-state index contributed by atoms with van der Waals surface area (Å²) < 4.78 is 10.3. The molecule has 0 radical (unpaired) electrons. The number of hydrogen-bond acceptors (Lipinski definition) is 4. The summed E-state index contributed by atoms with van der Waals surface area (Å²) in [6.45, 7) is 5.04. The summed E-state index contributed by atoms with van der Waals surface area (Å²) in [5, 5.41) is 0. The number of unbranched alkanes of at least 4 members (excludes halogenated alkanes) is 5. The van der Waals surface area contributed by atoms with Crippen molar-refractivity contribution in [2.24, 2.45) is 5.92 Å². The third kappa shape index (κ3) is 15.9. The first kappa shape index (κ1) is 22.2. The Kier molecular flexibility index (Phi) is 15.6. The fourth-order valence-corrected chi connectivity index (χ4v) is 2.44. The minimum absolute atomic E-state index is 0.107. The van der Waals surface area contributed by atoms with Crippen LogP contribution < -0.4 is 0 Å². The maximum Gasteiger partial charge on any atom is 0.306 e. The van der Waals surface area contributed by atoms with Crippen LogP contribution in [0.25, 0.3) is 0 Å². The number of alkyl halides is 1. The Balaban J connectivity index is 3.44. The van der Waals surface area contributed by atoms with Crippen LogP contribution in [0.5, 0.6) is 0 Å². The summed E-state index contributed by atoms with van der Waals surface area (Å²) >= 11 is 5.61. The summed E-state index contributed by atoms with van der Waals surface area (Å²) in [6.07, 6.45) is 8.86. The third-order valence-electron chi connectivity index (χ3n) is 3.63. The predicted octanol–water partition coefficient (Wildman–Crippen LogP) is 4.87. The lowest BCUT2D eigenvalue weighted by atomic mass is 10.1. The van der Waals surface area contributed by atoms with Gasteiger partial charge in [0.05, 0.1) is 26.1 Å². The van der Waals surface area contributed by atoms with Crippen molar-refractivity contribution in [2.45, 2.75) is 78.1 Å². The van der Waals surface area contributed by atoms with Crippen LogP contribution in [0.1, 0.15) is 78.1 Å². The topological polar surface area (TPSA) is 52.6 Å². The van der Waals surface area contributed by atoms with E-state index in [9.17, 15) is 9.59 Å². The van der Waals surface area contributed by atoms with Gasteiger partial charge >= 0.3 is 11.9 Å². The van der Waals surface area contributed by atoms with Crippen LogP contribution in [0, 0.1) is 5.92 Å². The molecule has 0 heterocycles. The molecule has 0 aromatic heterocycles. The van der Waals surface area contributed by atoms with Crippen LogP contribution in [0.15, 0.2) is 0 Å². The second-order valence-electron chi connectivity index (χ2n) is 6.11. The first-order valence-electron chi connectivity index (χ1n) is 8.97. The molecule has 0 fully saturated rings. The number of halogens is 1. The van der Waals surface area contributed by atoms with E-state index in [1.807, 2.05) is 0 Å². The number of hydrogen-bond donors (Lipinski definition) is 0. The summed E-state index contributed by atoms with van der Waals surface area (Å²) in [7, 11) is 0. The van der Waals surface area contributed by atoms with Gasteiger partial charge in [-0.15, -0.1) is 11.6 Å². The van der Waals surface area contributed by atoms with Crippen LogP contribution in [0.3, 0.4) is 0 Å². The average Bonchev–Trinajstić information content (AvgIpc) is 2.53.